The van der Waals surface area contributed by atoms with E-state index in [1.165, 1.54) is 24.0 Å². The lowest BCUT2D eigenvalue weighted by atomic mass is 9.57. The van der Waals surface area contributed by atoms with Crippen molar-refractivity contribution >= 4 is 11.8 Å². The van der Waals surface area contributed by atoms with Crippen LogP contribution in [0.4, 0.5) is 0 Å². The molecule has 0 radical (unpaired) electrons. The smallest absolute Gasteiger partial charge is 0.221 e. The highest BCUT2D eigenvalue weighted by Gasteiger charge is 2.49. The van der Waals surface area contributed by atoms with E-state index < -0.39 is 0 Å². The maximum Gasteiger partial charge on any atom is 0.221 e. The Morgan fingerprint density at radius 3 is 1.50 bits per heavy atom. The second kappa shape index (κ2) is 5.23. The van der Waals surface area contributed by atoms with Gasteiger partial charge < -0.3 is 11.5 Å². The second-order valence-corrected chi connectivity index (χ2v) is 6.61. The third kappa shape index (κ3) is 2.05. The molecule has 4 heteroatoms. The summed E-state index contributed by atoms with van der Waals surface area (Å²) in [5.41, 5.74) is 14.2. The zero-order valence-corrected chi connectivity index (χ0v) is 11.9. The van der Waals surface area contributed by atoms with Crippen LogP contribution < -0.4 is 11.5 Å². The highest BCUT2D eigenvalue weighted by atomic mass is 16.2. The van der Waals surface area contributed by atoms with Gasteiger partial charge in [0.1, 0.15) is 0 Å². The zero-order chi connectivity index (χ0) is 14.3. The molecule has 4 N–H and O–H groups in total. The molecule has 4 atom stereocenters. The van der Waals surface area contributed by atoms with E-state index in [0.29, 0.717) is 0 Å². The summed E-state index contributed by atoms with van der Waals surface area (Å²) >= 11 is 0. The molecule has 0 aliphatic heterocycles. The number of rotatable bonds is 2. The molecule has 4 nitrogen and oxygen atoms in total. The van der Waals surface area contributed by atoms with Crippen molar-refractivity contribution in [2.45, 2.75) is 51.4 Å². The first kappa shape index (κ1) is 13.7. The van der Waals surface area contributed by atoms with Gasteiger partial charge in [-0.05, 0) is 50.4 Å². The van der Waals surface area contributed by atoms with E-state index in [-0.39, 0.29) is 35.5 Å². The van der Waals surface area contributed by atoms with E-state index in [0.717, 1.165) is 38.5 Å². The van der Waals surface area contributed by atoms with Gasteiger partial charge in [-0.25, -0.2) is 0 Å². The summed E-state index contributed by atoms with van der Waals surface area (Å²) in [4.78, 5) is 24.0. The van der Waals surface area contributed by atoms with E-state index in [9.17, 15) is 9.59 Å². The Balaban J connectivity index is 2.09. The molecule has 0 aromatic carbocycles. The van der Waals surface area contributed by atoms with Crippen LogP contribution in [-0.4, -0.2) is 11.8 Å². The van der Waals surface area contributed by atoms with Crippen molar-refractivity contribution in [3.8, 4) is 0 Å². The van der Waals surface area contributed by atoms with Crippen molar-refractivity contribution < 1.29 is 9.59 Å². The summed E-state index contributed by atoms with van der Waals surface area (Å²) in [5, 5.41) is 0. The summed E-state index contributed by atoms with van der Waals surface area (Å²) in [7, 11) is 0. The van der Waals surface area contributed by atoms with Crippen LogP contribution in [0.3, 0.4) is 0 Å². The predicted molar refractivity (Wildman–Crippen MR) is 76.3 cm³/mol. The van der Waals surface area contributed by atoms with Crippen LogP contribution in [0.1, 0.15) is 51.4 Å². The van der Waals surface area contributed by atoms with E-state index >= 15 is 0 Å². The molecule has 110 valence electrons. The van der Waals surface area contributed by atoms with Gasteiger partial charge >= 0.3 is 0 Å². The van der Waals surface area contributed by atoms with Crippen LogP contribution in [0.25, 0.3) is 0 Å². The minimum absolute atomic E-state index is 0.183. The lowest BCUT2D eigenvalue weighted by molar-refractivity contribution is -0.136. The van der Waals surface area contributed by atoms with Crippen LogP contribution in [-0.2, 0) is 9.59 Å². The fraction of sp³-hybridized carbons (Fsp3) is 0.750. The van der Waals surface area contributed by atoms with Crippen molar-refractivity contribution in [1.82, 2.24) is 0 Å². The summed E-state index contributed by atoms with van der Waals surface area (Å²) in [6, 6.07) is 0. The van der Waals surface area contributed by atoms with Crippen LogP contribution >= 0.6 is 0 Å². The molecule has 0 bridgehead atoms. The summed E-state index contributed by atoms with van der Waals surface area (Å²) in [6.45, 7) is 0. The van der Waals surface area contributed by atoms with Crippen molar-refractivity contribution in [2.24, 2.45) is 35.1 Å². The Labute approximate surface area is 120 Å². The van der Waals surface area contributed by atoms with Gasteiger partial charge in [0.2, 0.25) is 11.8 Å². The Morgan fingerprint density at radius 1 is 0.750 bits per heavy atom. The van der Waals surface area contributed by atoms with Gasteiger partial charge in [-0.15, -0.1) is 0 Å². The van der Waals surface area contributed by atoms with Gasteiger partial charge in [0.05, 0.1) is 11.8 Å². The molecule has 0 saturated heterocycles. The Kier molecular flexibility index (Phi) is 3.57. The van der Waals surface area contributed by atoms with E-state index in [1.54, 1.807) is 0 Å². The number of hydrogen-bond donors (Lipinski definition) is 2. The SMILES string of the molecule is NC(=O)C1C2CCCCC2=C2CCCCC2C1C(N)=O. The van der Waals surface area contributed by atoms with Gasteiger partial charge in [-0.1, -0.05) is 24.0 Å². The Morgan fingerprint density at radius 2 is 1.15 bits per heavy atom. The predicted octanol–water partition coefficient (Wildman–Crippen LogP) is 1.88. The molecule has 0 heterocycles. The average Bonchev–Trinajstić information content (AvgIpc) is 2.45. The van der Waals surface area contributed by atoms with Crippen LogP contribution in [0.2, 0.25) is 0 Å². The molecular formula is C16H24N2O2. The van der Waals surface area contributed by atoms with Gasteiger partial charge in [-0.2, -0.15) is 0 Å². The highest BCUT2D eigenvalue weighted by Crippen LogP contribution is 2.52. The molecule has 2 fully saturated rings. The third-order valence-corrected chi connectivity index (χ3v) is 5.64. The number of fused-ring (bicyclic) bond motifs is 2. The fourth-order valence-electron chi connectivity index (χ4n) is 4.92. The maximum absolute atomic E-state index is 12.0. The van der Waals surface area contributed by atoms with Gasteiger partial charge in [0.15, 0.2) is 0 Å². The first-order valence-corrected chi connectivity index (χ1v) is 7.91. The number of primary amides is 2. The number of nitrogens with two attached hydrogens (primary N) is 2. The lowest BCUT2D eigenvalue weighted by Crippen LogP contribution is -2.50. The van der Waals surface area contributed by atoms with Crippen molar-refractivity contribution in [2.75, 3.05) is 0 Å². The standard InChI is InChI=1S/C16H24N2O2/c17-15(19)13-11-7-3-1-5-9(11)10-6-2-4-8-12(10)14(13)16(18)20/h11-14H,1-8H2,(H2,17,19)(H2,18,20). The molecule has 3 aliphatic rings. The molecule has 3 aliphatic carbocycles. The average molecular weight is 276 g/mol. The fourth-order valence-corrected chi connectivity index (χ4v) is 4.92. The maximum atomic E-state index is 12.0. The van der Waals surface area contributed by atoms with Crippen molar-refractivity contribution in [3.63, 3.8) is 0 Å². The lowest BCUT2D eigenvalue weighted by Gasteiger charge is -2.47. The highest BCUT2D eigenvalue weighted by molar-refractivity contribution is 5.87. The Bertz CT molecular complexity index is 427. The monoisotopic (exact) mass is 276 g/mol. The first-order chi connectivity index (χ1) is 9.61. The quantitative estimate of drug-likeness (QED) is 0.754. The molecule has 2 saturated carbocycles. The molecule has 0 aromatic rings. The summed E-state index contributed by atoms with van der Waals surface area (Å²) < 4.78 is 0. The van der Waals surface area contributed by atoms with Gasteiger partial charge in [0.25, 0.3) is 0 Å². The molecule has 0 spiro atoms. The second-order valence-electron chi connectivity index (χ2n) is 6.61. The van der Waals surface area contributed by atoms with Crippen molar-refractivity contribution in [3.05, 3.63) is 11.1 Å². The molecule has 4 unspecified atom stereocenters. The number of carbonyl (C=O) groups excluding carboxylic acids is 2. The van der Waals surface area contributed by atoms with Gasteiger partial charge in [0, 0.05) is 0 Å². The van der Waals surface area contributed by atoms with Crippen LogP contribution in [0.15, 0.2) is 11.1 Å². The Hall–Kier alpha value is -1.32. The number of carbonyl (C=O) groups is 2. The van der Waals surface area contributed by atoms with Crippen LogP contribution in [0.5, 0.6) is 0 Å². The molecule has 20 heavy (non-hydrogen) atoms. The molecule has 2 amide bonds. The number of hydrogen-bond acceptors (Lipinski definition) is 2. The van der Waals surface area contributed by atoms with E-state index in [2.05, 4.69) is 0 Å². The number of allylic oxidation sites excluding steroid dienone is 2. The summed E-state index contributed by atoms with van der Waals surface area (Å²) in [5.74, 6) is -1.03. The first-order valence-electron chi connectivity index (χ1n) is 7.91. The molecule has 0 aromatic heterocycles. The topological polar surface area (TPSA) is 86.2 Å². The summed E-state index contributed by atoms with van der Waals surface area (Å²) in [6.07, 6.45) is 8.82. The van der Waals surface area contributed by atoms with E-state index in [4.69, 9.17) is 11.5 Å². The zero-order valence-electron chi connectivity index (χ0n) is 11.9. The third-order valence-electron chi connectivity index (χ3n) is 5.64. The minimum Gasteiger partial charge on any atom is -0.369 e. The van der Waals surface area contributed by atoms with Gasteiger partial charge in [-0.3, -0.25) is 9.59 Å². The number of amides is 2. The van der Waals surface area contributed by atoms with Crippen molar-refractivity contribution in [1.29, 1.82) is 0 Å². The minimum atomic E-state index is -0.366. The normalized spacial score (nSPS) is 37.0. The largest absolute Gasteiger partial charge is 0.369 e. The molecular weight excluding hydrogens is 252 g/mol. The molecule has 3 rings (SSSR count). The van der Waals surface area contributed by atoms with Crippen LogP contribution in [0, 0.1) is 23.7 Å². The van der Waals surface area contributed by atoms with E-state index in [1.807, 2.05) is 0 Å².